The molecule has 0 aromatic heterocycles. The van der Waals surface area contributed by atoms with Crippen LogP contribution in [-0.4, -0.2) is 19.4 Å². The molecule has 0 N–H and O–H groups in total. The largest absolute Gasteiger partial charge is 0.334 e. The van der Waals surface area contributed by atoms with Crippen LogP contribution in [0.2, 0.25) is 0 Å². The van der Waals surface area contributed by atoms with Crippen LogP contribution in [0, 0.1) is 0 Å². The molecule has 0 unspecified atom stereocenters. The Bertz CT molecular complexity index is 128. The summed E-state index contributed by atoms with van der Waals surface area (Å²) < 4.78 is 11.6. The van der Waals surface area contributed by atoms with Crippen LogP contribution in [0.4, 0.5) is 0 Å². The highest BCUT2D eigenvalue weighted by atomic mass is 31.2. The van der Waals surface area contributed by atoms with Gasteiger partial charge in [0.15, 0.2) is 8.38 Å². The predicted molar refractivity (Wildman–Crippen MR) is 77.6 cm³/mol. The Kier molecular flexibility index (Phi) is 14.7. The van der Waals surface area contributed by atoms with Gasteiger partial charge in [-0.15, -0.1) is 0 Å². The Labute approximate surface area is 109 Å². The zero-order valence-corrected chi connectivity index (χ0v) is 12.9. The van der Waals surface area contributed by atoms with Crippen LogP contribution in [0.5, 0.6) is 0 Å². The smallest absolute Gasteiger partial charge is 0.170 e. The van der Waals surface area contributed by atoms with Gasteiger partial charge in [-0.1, -0.05) is 59.3 Å². The van der Waals surface area contributed by atoms with Crippen LogP contribution in [0.1, 0.15) is 72.1 Å². The van der Waals surface area contributed by atoms with Gasteiger partial charge in [0, 0.05) is 6.16 Å². The Morgan fingerprint density at radius 2 is 1.12 bits per heavy atom. The molecule has 0 aliphatic carbocycles. The predicted octanol–water partition coefficient (Wildman–Crippen LogP) is 5.51. The summed E-state index contributed by atoms with van der Waals surface area (Å²) in [6, 6.07) is 0. The van der Waals surface area contributed by atoms with E-state index in [0.29, 0.717) is 0 Å². The highest BCUT2D eigenvalue weighted by Crippen LogP contribution is 2.38. The van der Waals surface area contributed by atoms with E-state index in [2.05, 4.69) is 20.8 Å². The number of hydrogen-bond donors (Lipinski definition) is 0. The fraction of sp³-hybridized carbons (Fsp3) is 1.00. The number of rotatable bonds is 13. The van der Waals surface area contributed by atoms with Gasteiger partial charge in [0.05, 0.1) is 13.2 Å². The summed E-state index contributed by atoms with van der Waals surface area (Å²) in [5, 5.41) is 0. The van der Waals surface area contributed by atoms with Crippen molar-refractivity contribution in [3.8, 4) is 0 Å². The summed E-state index contributed by atoms with van der Waals surface area (Å²) >= 11 is 0. The third-order valence-corrected chi connectivity index (χ3v) is 4.18. The van der Waals surface area contributed by atoms with Crippen LogP contribution in [0.25, 0.3) is 0 Å². The topological polar surface area (TPSA) is 18.5 Å². The van der Waals surface area contributed by atoms with Crippen molar-refractivity contribution < 1.29 is 9.05 Å². The molecule has 0 aromatic carbocycles. The Hall–Kier alpha value is 0.350. The van der Waals surface area contributed by atoms with E-state index in [1.54, 1.807) is 0 Å². The minimum atomic E-state index is -0.600. The molecule has 0 aliphatic heterocycles. The maximum Gasteiger partial charge on any atom is 0.170 e. The molecule has 0 saturated heterocycles. The quantitative estimate of drug-likeness (QED) is 0.322. The van der Waals surface area contributed by atoms with Crippen LogP contribution in [-0.2, 0) is 9.05 Å². The van der Waals surface area contributed by atoms with Gasteiger partial charge < -0.3 is 9.05 Å². The van der Waals surface area contributed by atoms with Gasteiger partial charge in [-0.2, -0.15) is 0 Å². The second-order valence-electron chi connectivity index (χ2n) is 4.44. The van der Waals surface area contributed by atoms with Crippen LogP contribution >= 0.6 is 8.38 Å². The van der Waals surface area contributed by atoms with Gasteiger partial charge in [0.25, 0.3) is 0 Å². The van der Waals surface area contributed by atoms with E-state index in [4.69, 9.17) is 9.05 Å². The number of unbranched alkanes of at least 4 members (excludes halogenated alkanes) is 6. The lowest BCUT2D eigenvalue weighted by Gasteiger charge is -2.15. The molecular formula is C14H31O2P. The molecule has 0 spiro atoms. The average Bonchev–Trinajstić information content (AvgIpc) is 2.36. The van der Waals surface area contributed by atoms with Crippen LogP contribution < -0.4 is 0 Å². The normalized spacial score (nSPS) is 11.3. The van der Waals surface area contributed by atoms with Gasteiger partial charge in [-0.25, -0.2) is 0 Å². The minimum absolute atomic E-state index is 0.600. The molecule has 0 aromatic rings. The first kappa shape index (κ1) is 17.4. The maximum absolute atomic E-state index is 5.79. The molecule has 0 atom stereocenters. The summed E-state index contributed by atoms with van der Waals surface area (Å²) in [5.74, 6) is 0. The fourth-order valence-corrected chi connectivity index (χ4v) is 2.72. The van der Waals surface area contributed by atoms with E-state index in [0.717, 1.165) is 19.4 Å². The van der Waals surface area contributed by atoms with Crippen molar-refractivity contribution >= 4 is 8.38 Å². The average molecular weight is 262 g/mol. The molecule has 0 radical (unpaired) electrons. The van der Waals surface area contributed by atoms with Gasteiger partial charge in [0.1, 0.15) is 0 Å². The van der Waals surface area contributed by atoms with Gasteiger partial charge >= 0.3 is 0 Å². The van der Waals surface area contributed by atoms with Crippen molar-refractivity contribution in [3.05, 3.63) is 0 Å². The SMILES string of the molecule is CCCCCCOP(CC)OCCCCCC. The van der Waals surface area contributed by atoms with Crippen LogP contribution in [0.15, 0.2) is 0 Å². The fourth-order valence-electron chi connectivity index (χ4n) is 1.61. The first-order valence-corrected chi connectivity index (χ1v) is 8.74. The van der Waals surface area contributed by atoms with Crippen molar-refractivity contribution in [1.82, 2.24) is 0 Å². The summed E-state index contributed by atoms with van der Waals surface area (Å²) in [6.07, 6.45) is 11.2. The highest BCUT2D eigenvalue weighted by Gasteiger charge is 2.06. The third kappa shape index (κ3) is 12.6. The van der Waals surface area contributed by atoms with Crippen molar-refractivity contribution in [2.24, 2.45) is 0 Å². The first-order chi connectivity index (χ1) is 8.35. The molecule has 0 rings (SSSR count). The Balaban J connectivity index is 3.30. The minimum Gasteiger partial charge on any atom is -0.334 e. The molecule has 0 aliphatic rings. The Morgan fingerprint density at radius 1 is 0.647 bits per heavy atom. The van der Waals surface area contributed by atoms with E-state index in [1.807, 2.05) is 0 Å². The van der Waals surface area contributed by atoms with E-state index in [1.165, 1.54) is 51.4 Å². The summed E-state index contributed by atoms with van der Waals surface area (Å²) in [5.41, 5.74) is 0. The lowest BCUT2D eigenvalue weighted by molar-refractivity contribution is 0.241. The molecule has 104 valence electrons. The van der Waals surface area contributed by atoms with Crippen molar-refractivity contribution in [2.75, 3.05) is 19.4 Å². The molecule has 17 heavy (non-hydrogen) atoms. The zero-order valence-electron chi connectivity index (χ0n) is 12.0. The molecule has 0 bridgehead atoms. The maximum atomic E-state index is 5.79. The monoisotopic (exact) mass is 262 g/mol. The summed E-state index contributed by atoms with van der Waals surface area (Å²) in [7, 11) is -0.600. The van der Waals surface area contributed by atoms with Crippen molar-refractivity contribution in [2.45, 2.75) is 72.1 Å². The lowest BCUT2D eigenvalue weighted by Crippen LogP contribution is -1.97. The zero-order chi connectivity index (χ0) is 12.8. The standard InChI is InChI=1S/C14H31O2P/c1-4-7-9-11-13-15-17(6-3)16-14-12-10-8-5-2/h4-14H2,1-3H3. The lowest BCUT2D eigenvalue weighted by atomic mass is 10.2. The molecular weight excluding hydrogens is 231 g/mol. The van der Waals surface area contributed by atoms with Gasteiger partial charge in [-0.3, -0.25) is 0 Å². The molecule has 3 heteroatoms. The molecule has 0 fully saturated rings. The van der Waals surface area contributed by atoms with E-state index >= 15 is 0 Å². The van der Waals surface area contributed by atoms with Crippen LogP contribution in [0.3, 0.4) is 0 Å². The molecule has 2 nitrogen and oxygen atoms in total. The number of hydrogen-bond acceptors (Lipinski definition) is 2. The molecule has 0 saturated carbocycles. The molecule has 0 amide bonds. The van der Waals surface area contributed by atoms with Gasteiger partial charge in [-0.05, 0) is 12.8 Å². The second kappa shape index (κ2) is 14.4. The summed E-state index contributed by atoms with van der Waals surface area (Å²) in [6.45, 7) is 8.39. The molecule has 0 heterocycles. The second-order valence-corrected chi connectivity index (χ2v) is 6.25. The van der Waals surface area contributed by atoms with E-state index in [-0.39, 0.29) is 0 Å². The summed E-state index contributed by atoms with van der Waals surface area (Å²) in [4.78, 5) is 0. The van der Waals surface area contributed by atoms with Crippen molar-refractivity contribution in [3.63, 3.8) is 0 Å². The first-order valence-electron chi connectivity index (χ1n) is 7.38. The van der Waals surface area contributed by atoms with E-state index in [9.17, 15) is 0 Å². The Morgan fingerprint density at radius 3 is 1.47 bits per heavy atom. The third-order valence-electron chi connectivity index (χ3n) is 2.72. The van der Waals surface area contributed by atoms with E-state index < -0.39 is 8.38 Å². The van der Waals surface area contributed by atoms with Gasteiger partial charge in [0.2, 0.25) is 0 Å². The van der Waals surface area contributed by atoms with Crippen molar-refractivity contribution in [1.29, 1.82) is 0 Å². The highest BCUT2D eigenvalue weighted by molar-refractivity contribution is 7.47.